The quantitative estimate of drug-likeness (QED) is 0.0358. The normalized spacial score (nSPS) is 28.3. The Hall–Kier alpha value is -7.63. The number of rotatable bonds is 19. The van der Waals surface area contributed by atoms with Crippen molar-refractivity contribution < 1.29 is 138 Å². The monoisotopic (exact) mass is 1270 g/mol. The fraction of sp³-hybridized carbons (Fsp3) is 0.448. The molecule has 2 saturated heterocycles. The number of carboxylic acid groups (broad SMARTS) is 2. The highest BCUT2D eigenvalue weighted by atomic mass is 35.5. The number of methoxy groups -OCH3 is 2. The molecular weight excluding hydrogens is 1210 g/mol. The van der Waals surface area contributed by atoms with Crippen molar-refractivity contribution >= 4 is 59.0 Å². The number of hydroxylamine groups is 2. The Morgan fingerprint density at radius 3 is 1.25 bits per heavy atom. The van der Waals surface area contributed by atoms with Gasteiger partial charge in [0.2, 0.25) is 23.8 Å². The van der Waals surface area contributed by atoms with Gasteiger partial charge in [-0.15, -0.1) is 12.4 Å². The van der Waals surface area contributed by atoms with E-state index in [0.29, 0.717) is 0 Å². The first kappa shape index (κ1) is 65.8. The summed E-state index contributed by atoms with van der Waals surface area (Å²) in [7, 11) is 2.47. The maximum absolute atomic E-state index is 14.1. The Morgan fingerprint density at radius 2 is 0.921 bits per heavy atom. The molecule has 0 radical (unpaired) electrons. The molecule has 478 valence electrons. The highest BCUT2D eigenvalue weighted by Crippen LogP contribution is 2.55. The number of carboxylic acids is 2. The van der Waals surface area contributed by atoms with Crippen LogP contribution in [0, 0.1) is 0 Å². The molecule has 14 atom stereocenters. The molecule has 10 rings (SSSR count). The number of fused-ring (bicyclic) bond motifs is 6. The summed E-state index contributed by atoms with van der Waals surface area (Å²) >= 11 is 0. The number of phenols is 4. The van der Waals surface area contributed by atoms with Gasteiger partial charge in [0.25, 0.3) is 0 Å². The van der Waals surface area contributed by atoms with Crippen molar-refractivity contribution in [3.8, 4) is 34.5 Å². The van der Waals surface area contributed by atoms with Gasteiger partial charge in [0, 0.05) is 71.9 Å². The lowest BCUT2D eigenvalue weighted by Crippen LogP contribution is -2.59. The van der Waals surface area contributed by atoms with Crippen LogP contribution in [0.4, 0.5) is 0 Å². The number of hydrogen-bond donors (Lipinski definition) is 14. The third-order valence-corrected chi connectivity index (χ3v) is 17.0. The minimum absolute atomic E-state index is 0. The summed E-state index contributed by atoms with van der Waals surface area (Å²) in [6.45, 7) is 0.206. The van der Waals surface area contributed by atoms with E-state index in [2.05, 4.69) is 11.0 Å². The SMILES string of the molecule is COc1cccc2c1C(=O)c1c(O)c3c(c(O)c1C2=O)C[C@@](O)(C(=O)CO)C[C@@H]3OC1CC(NOC(C(=O)O)C(ONC2CC(O[C@H]3C[C@](O)(C(=O)CO)Cc4c(O)c5c(c(O)c43)C(=O)c3c(OC)cccc3C5=O)OC(C)C2O)C(=O)O)C(O)C(C)O1.Cl. The summed E-state index contributed by atoms with van der Waals surface area (Å²) in [5.74, 6) is -13.7. The van der Waals surface area contributed by atoms with Crippen molar-refractivity contribution in [1.82, 2.24) is 11.0 Å². The fourth-order valence-corrected chi connectivity index (χ4v) is 12.5. The standard InChI is InChI=1S/C58H60N2O28.ClH/c1-19-43(65)25(11-33(83-19)85-29-15-57(79,31(63)17-61)13-23-37(29)51(73)41-39(47(23)69)45(67)21-7-5-9-27(81-3)35(21)49(41)71)59-87-53(55(75)76)54(56(77)78)88-60-26-12-34(84-20(2)44(26)66)86-30-16-58(80,32(64)18-62)14-24-38(30)52(74)42-40(48(24)70)46(68)22-8-6-10-28(82-4)36(22)50(42)72;/h5-10,19-20,25-26,29-30,33-34,43-44,53-54,59-62,65-66,69-70,73-74,79-80H,11-18H2,1-4H3,(H,75,76)(H,77,78);1H/t19?,20?,25?,26?,29-,30-,33?,34?,43?,44?,53?,54?,57-,58-;/m0./s1. The number of halogens is 1. The molecule has 0 saturated carbocycles. The van der Waals surface area contributed by atoms with Crippen molar-refractivity contribution in [2.45, 2.75) is 137 Å². The zero-order valence-electron chi connectivity index (χ0n) is 47.4. The topological polar surface area (TPSA) is 477 Å². The summed E-state index contributed by atoms with van der Waals surface area (Å²) in [5, 5.41) is 134. The molecule has 10 unspecified atom stereocenters. The molecule has 0 aromatic heterocycles. The van der Waals surface area contributed by atoms with Gasteiger partial charge in [-0.1, -0.05) is 24.3 Å². The lowest BCUT2D eigenvalue weighted by Gasteiger charge is -2.43. The molecule has 2 aliphatic heterocycles. The second kappa shape index (κ2) is 25.0. The van der Waals surface area contributed by atoms with Crippen LogP contribution in [-0.2, 0) is 60.6 Å². The van der Waals surface area contributed by atoms with E-state index in [4.69, 9.17) is 38.1 Å². The molecule has 0 amide bonds. The van der Waals surface area contributed by atoms with Crippen LogP contribution in [0.15, 0.2) is 36.4 Å². The minimum atomic E-state index is -2.54. The number of carbonyl (C=O) groups is 8. The molecule has 4 aliphatic carbocycles. The predicted octanol–water partition coefficient (Wildman–Crippen LogP) is -0.531. The summed E-state index contributed by atoms with van der Waals surface area (Å²) in [6, 6.07) is 5.25. The second-order valence-corrected chi connectivity index (χ2v) is 22.2. The van der Waals surface area contributed by atoms with E-state index in [0.717, 1.165) is 0 Å². The van der Waals surface area contributed by atoms with Gasteiger partial charge in [0.1, 0.15) is 58.9 Å². The lowest BCUT2D eigenvalue weighted by molar-refractivity contribution is -0.267. The highest BCUT2D eigenvalue weighted by molar-refractivity contribution is 6.32. The smallest absolute Gasteiger partial charge is 0.338 e. The molecule has 0 bridgehead atoms. The number of aliphatic hydroxyl groups excluding tert-OH is 4. The first-order valence-electron chi connectivity index (χ1n) is 27.4. The Labute approximate surface area is 508 Å². The maximum Gasteiger partial charge on any atom is 0.338 e. The molecule has 30 nitrogen and oxygen atoms in total. The zero-order chi connectivity index (χ0) is 63.9. The van der Waals surface area contributed by atoms with Crippen molar-refractivity contribution in [2.24, 2.45) is 0 Å². The Morgan fingerprint density at radius 1 is 0.573 bits per heavy atom. The average Bonchev–Trinajstić information content (AvgIpc) is 1.02. The van der Waals surface area contributed by atoms with Gasteiger partial charge in [-0.2, -0.15) is 11.0 Å². The van der Waals surface area contributed by atoms with E-state index in [1.54, 1.807) is 0 Å². The van der Waals surface area contributed by atoms with Gasteiger partial charge in [-0.3, -0.25) is 38.4 Å². The molecule has 14 N–H and O–H groups in total. The van der Waals surface area contributed by atoms with E-state index >= 15 is 0 Å². The Kier molecular flexibility index (Phi) is 18.5. The van der Waals surface area contributed by atoms with Gasteiger partial charge in [-0.25, -0.2) is 9.59 Å². The second-order valence-electron chi connectivity index (χ2n) is 22.2. The summed E-state index contributed by atoms with van der Waals surface area (Å²) in [5.41, 5.74) is -5.61. The van der Waals surface area contributed by atoms with E-state index in [1.165, 1.54) is 64.5 Å². The average molecular weight is 1270 g/mol. The van der Waals surface area contributed by atoms with E-state index < -0.39 is 239 Å². The third kappa shape index (κ3) is 11.2. The lowest BCUT2D eigenvalue weighted by atomic mass is 9.72. The number of phenolic OH excluding ortho intramolecular Hbond substituents is 4. The Balaban J connectivity index is 0.00000941. The van der Waals surface area contributed by atoms with Crippen LogP contribution in [-0.4, -0.2) is 208 Å². The van der Waals surface area contributed by atoms with E-state index in [-0.39, 0.29) is 57.3 Å². The van der Waals surface area contributed by atoms with Gasteiger partial charge in [0.15, 0.2) is 35.7 Å². The molecule has 0 spiro atoms. The largest absolute Gasteiger partial charge is 0.507 e. The molecule has 6 aliphatic rings. The highest BCUT2D eigenvalue weighted by Gasteiger charge is 2.53. The van der Waals surface area contributed by atoms with Crippen LogP contribution in [0.1, 0.15) is 138 Å². The van der Waals surface area contributed by atoms with Crippen molar-refractivity contribution in [2.75, 3.05) is 27.4 Å². The molecule has 31 heteroatoms. The number of carbonyl (C=O) groups excluding carboxylic acids is 6. The van der Waals surface area contributed by atoms with Crippen LogP contribution in [0.25, 0.3) is 0 Å². The predicted molar refractivity (Wildman–Crippen MR) is 294 cm³/mol. The Bertz CT molecular complexity index is 3380. The number of Topliss-reactive ketones (excluding diaryl/α,β-unsaturated/α-hetero) is 2. The number of aliphatic hydroxyl groups is 6. The maximum atomic E-state index is 14.1. The summed E-state index contributed by atoms with van der Waals surface area (Å²) in [4.78, 5) is 119. The molecular formula is C58H61ClN2O28. The number of ether oxygens (including phenoxy) is 6. The van der Waals surface area contributed by atoms with Gasteiger partial charge < -0.3 is 89.7 Å². The van der Waals surface area contributed by atoms with E-state index in [9.17, 15) is 99.6 Å². The van der Waals surface area contributed by atoms with Gasteiger partial charge >= 0.3 is 11.9 Å². The summed E-state index contributed by atoms with van der Waals surface area (Å²) < 4.78 is 34.9. The molecule has 2 heterocycles. The number of benzene rings is 4. The third-order valence-electron chi connectivity index (χ3n) is 17.0. The molecule has 89 heavy (non-hydrogen) atoms. The van der Waals surface area contributed by atoms with Crippen LogP contribution >= 0.6 is 12.4 Å². The number of hydrogen-bond acceptors (Lipinski definition) is 28. The van der Waals surface area contributed by atoms with Gasteiger partial charge in [0.05, 0.1) is 96.3 Å². The zero-order valence-corrected chi connectivity index (χ0v) is 48.2. The van der Waals surface area contributed by atoms with E-state index in [1.807, 2.05) is 0 Å². The van der Waals surface area contributed by atoms with Crippen molar-refractivity contribution in [3.05, 3.63) is 103 Å². The van der Waals surface area contributed by atoms with Crippen molar-refractivity contribution in [1.29, 1.82) is 0 Å². The summed E-state index contributed by atoms with van der Waals surface area (Å²) in [6.07, 6.45) is -21.7. The minimum Gasteiger partial charge on any atom is -0.507 e. The molecule has 2 fully saturated rings. The molecule has 4 aromatic rings. The van der Waals surface area contributed by atoms with Crippen LogP contribution in [0.5, 0.6) is 34.5 Å². The van der Waals surface area contributed by atoms with Gasteiger partial charge in [-0.05, 0) is 26.0 Å². The van der Waals surface area contributed by atoms with Crippen LogP contribution < -0.4 is 20.4 Å². The number of aliphatic carboxylic acids is 2. The van der Waals surface area contributed by atoms with Crippen LogP contribution in [0.3, 0.4) is 0 Å². The van der Waals surface area contributed by atoms with Crippen molar-refractivity contribution in [3.63, 3.8) is 0 Å². The number of aromatic hydroxyl groups is 4. The first-order chi connectivity index (χ1) is 41.6. The van der Waals surface area contributed by atoms with Crippen LogP contribution in [0.2, 0.25) is 0 Å². The first-order valence-corrected chi connectivity index (χ1v) is 27.4. The number of ketones is 6. The number of nitrogens with one attached hydrogen (secondary N) is 2. The molecule has 4 aromatic carbocycles. The fourth-order valence-electron chi connectivity index (χ4n) is 12.5.